The molecule has 2 aromatic heterocycles. The Morgan fingerprint density at radius 1 is 1.17 bits per heavy atom. The van der Waals surface area contributed by atoms with Crippen molar-refractivity contribution in [1.29, 1.82) is 5.26 Å². The summed E-state index contributed by atoms with van der Waals surface area (Å²) in [7, 11) is 0. The molecule has 4 nitrogen and oxygen atoms in total. The number of nitrogens with zero attached hydrogens (tertiary/aromatic N) is 2. The third kappa shape index (κ3) is 4.70. The fourth-order valence-electron chi connectivity index (χ4n) is 4.96. The van der Waals surface area contributed by atoms with Crippen LogP contribution in [0.1, 0.15) is 59.1 Å². The molecule has 4 aromatic rings. The highest BCUT2D eigenvalue weighted by Gasteiger charge is 2.32. The number of benzene rings is 2. The van der Waals surface area contributed by atoms with E-state index in [1.54, 1.807) is 11.3 Å². The first kappa shape index (κ1) is 24.7. The van der Waals surface area contributed by atoms with Crippen molar-refractivity contribution >= 4 is 49.1 Å². The van der Waals surface area contributed by atoms with E-state index in [-0.39, 0.29) is 11.3 Å². The van der Waals surface area contributed by atoms with Gasteiger partial charge in [0, 0.05) is 20.3 Å². The van der Waals surface area contributed by atoms with E-state index in [0.29, 0.717) is 22.0 Å². The van der Waals surface area contributed by atoms with Gasteiger partial charge in [-0.2, -0.15) is 5.26 Å². The fourth-order valence-corrected chi connectivity index (χ4v) is 6.59. The number of nitriles is 1. The van der Waals surface area contributed by atoms with Crippen LogP contribution in [0.2, 0.25) is 0 Å². The maximum absolute atomic E-state index is 13.7. The molecule has 2 heterocycles. The van der Waals surface area contributed by atoms with Crippen LogP contribution in [-0.4, -0.2) is 10.9 Å². The van der Waals surface area contributed by atoms with Crippen LogP contribution in [0, 0.1) is 29.6 Å². The lowest BCUT2D eigenvalue weighted by molar-refractivity contribution is 0.102. The van der Waals surface area contributed by atoms with Crippen LogP contribution < -0.4 is 5.32 Å². The van der Waals surface area contributed by atoms with Gasteiger partial charge in [-0.25, -0.2) is 4.98 Å². The number of halogens is 1. The zero-order valence-corrected chi connectivity index (χ0v) is 23.3. The van der Waals surface area contributed by atoms with Crippen LogP contribution in [0.5, 0.6) is 0 Å². The highest BCUT2D eigenvalue weighted by molar-refractivity contribution is 9.10. The van der Waals surface area contributed by atoms with Crippen LogP contribution in [0.3, 0.4) is 0 Å². The van der Waals surface area contributed by atoms with Crippen molar-refractivity contribution in [3.05, 3.63) is 80.1 Å². The van der Waals surface area contributed by atoms with Crippen LogP contribution in [0.15, 0.2) is 53.0 Å². The fraction of sp³-hybridized carbons (Fsp3) is 0.300. The third-order valence-electron chi connectivity index (χ3n) is 7.19. The van der Waals surface area contributed by atoms with Gasteiger partial charge in [0.25, 0.3) is 5.91 Å². The SMILES string of the molecule is Cc1ccc(-c2cc(C(=O)Nc3sc4c(c3C#N)CC[C@@H](C(C)(C)C)C4)c3cc(Br)ccc3n2)cc1. The molecule has 2 aromatic carbocycles. The second kappa shape index (κ2) is 9.46. The molecule has 182 valence electrons. The molecule has 0 unspecified atom stereocenters. The number of hydrogen-bond donors (Lipinski definition) is 1. The minimum Gasteiger partial charge on any atom is -0.312 e. The molecule has 1 N–H and O–H groups in total. The number of fused-ring (bicyclic) bond motifs is 2. The predicted octanol–water partition coefficient (Wildman–Crippen LogP) is 8.31. The van der Waals surface area contributed by atoms with Gasteiger partial charge in [0.15, 0.2) is 0 Å². The molecule has 0 spiro atoms. The number of carbonyl (C=O) groups excluding carboxylic acids is 1. The second-order valence-electron chi connectivity index (χ2n) is 10.7. The molecule has 0 saturated carbocycles. The molecule has 0 fully saturated rings. The molecule has 0 bridgehead atoms. The Morgan fingerprint density at radius 3 is 2.61 bits per heavy atom. The first-order valence-corrected chi connectivity index (χ1v) is 13.8. The van der Waals surface area contributed by atoms with Crippen molar-refractivity contribution < 1.29 is 4.79 Å². The number of pyridine rings is 1. The zero-order valence-electron chi connectivity index (χ0n) is 20.9. The molecule has 0 saturated heterocycles. The summed E-state index contributed by atoms with van der Waals surface area (Å²) in [5.41, 5.74) is 6.11. The second-order valence-corrected chi connectivity index (χ2v) is 12.7. The quantitative estimate of drug-likeness (QED) is 0.275. The Morgan fingerprint density at radius 2 is 1.92 bits per heavy atom. The Kier molecular flexibility index (Phi) is 6.48. The van der Waals surface area contributed by atoms with E-state index in [1.807, 2.05) is 55.5 Å². The minimum atomic E-state index is -0.226. The summed E-state index contributed by atoms with van der Waals surface area (Å²) in [5.74, 6) is 0.341. The van der Waals surface area contributed by atoms with Gasteiger partial charge in [0.05, 0.1) is 22.3 Å². The number of amides is 1. The molecule has 1 atom stereocenters. The summed E-state index contributed by atoms with van der Waals surface area (Å²) in [6.45, 7) is 8.89. The molecule has 0 radical (unpaired) electrons. The first-order chi connectivity index (χ1) is 17.1. The van der Waals surface area contributed by atoms with E-state index < -0.39 is 0 Å². The summed E-state index contributed by atoms with van der Waals surface area (Å²) >= 11 is 5.10. The molecular formula is C30H28BrN3OS. The van der Waals surface area contributed by atoms with E-state index in [0.717, 1.165) is 51.5 Å². The predicted molar refractivity (Wildman–Crippen MR) is 152 cm³/mol. The average Bonchev–Trinajstić information content (AvgIpc) is 3.19. The van der Waals surface area contributed by atoms with Gasteiger partial charge in [-0.3, -0.25) is 4.79 Å². The first-order valence-electron chi connectivity index (χ1n) is 12.2. The van der Waals surface area contributed by atoms with Crippen molar-refractivity contribution in [2.45, 2.75) is 47.0 Å². The maximum atomic E-state index is 13.7. The number of thiophene rings is 1. The topological polar surface area (TPSA) is 65.8 Å². The average molecular weight is 559 g/mol. The van der Waals surface area contributed by atoms with Crippen LogP contribution in [-0.2, 0) is 12.8 Å². The lowest BCUT2D eigenvalue weighted by Crippen LogP contribution is -2.26. The lowest BCUT2D eigenvalue weighted by atomic mass is 9.72. The molecule has 5 rings (SSSR count). The van der Waals surface area contributed by atoms with Gasteiger partial charge in [-0.05, 0) is 67.3 Å². The number of carbonyl (C=O) groups is 1. The normalized spacial score (nSPS) is 15.4. The van der Waals surface area contributed by atoms with Gasteiger partial charge < -0.3 is 5.32 Å². The Hall–Kier alpha value is -3.01. The smallest absolute Gasteiger partial charge is 0.257 e. The van der Waals surface area contributed by atoms with Crippen molar-refractivity contribution in [3.8, 4) is 17.3 Å². The standard InChI is InChI=1S/C30H28BrN3OS/c1-17-5-7-18(8-6-17)26-15-23(22-14-20(31)10-12-25(22)33-26)28(35)34-29-24(16-32)21-11-9-19(30(2,3)4)13-27(21)36-29/h5-8,10,12,14-15,19H,9,11,13H2,1-4H3,(H,34,35)/t19-/m1/s1. The van der Waals surface area contributed by atoms with Gasteiger partial charge in [-0.1, -0.05) is 66.5 Å². The summed E-state index contributed by atoms with van der Waals surface area (Å²) < 4.78 is 0.881. The monoisotopic (exact) mass is 557 g/mol. The Labute approximate surface area is 224 Å². The van der Waals surface area contributed by atoms with Crippen molar-refractivity contribution in [3.63, 3.8) is 0 Å². The molecule has 36 heavy (non-hydrogen) atoms. The summed E-state index contributed by atoms with van der Waals surface area (Å²) in [6.07, 6.45) is 2.91. The van der Waals surface area contributed by atoms with Crippen molar-refractivity contribution in [2.75, 3.05) is 5.32 Å². The van der Waals surface area contributed by atoms with Crippen LogP contribution in [0.4, 0.5) is 5.00 Å². The van der Waals surface area contributed by atoms with E-state index in [4.69, 9.17) is 4.98 Å². The van der Waals surface area contributed by atoms with Crippen molar-refractivity contribution in [1.82, 2.24) is 4.98 Å². The minimum absolute atomic E-state index is 0.216. The molecule has 0 aliphatic heterocycles. The van der Waals surface area contributed by atoms with E-state index in [9.17, 15) is 10.1 Å². The summed E-state index contributed by atoms with van der Waals surface area (Å²) in [5, 5.41) is 14.5. The van der Waals surface area contributed by atoms with E-state index in [1.165, 1.54) is 10.4 Å². The summed E-state index contributed by atoms with van der Waals surface area (Å²) in [4.78, 5) is 19.8. The number of hydrogen-bond acceptors (Lipinski definition) is 4. The number of aromatic nitrogens is 1. The number of aryl methyl sites for hydroxylation is 1. The Balaban J connectivity index is 1.55. The molecule has 1 amide bonds. The summed E-state index contributed by atoms with van der Waals surface area (Å²) in [6, 6.07) is 18.1. The zero-order chi connectivity index (χ0) is 25.6. The van der Waals surface area contributed by atoms with Gasteiger partial charge in [0.2, 0.25) is 0 Å². The van der Waals surface area contributed by atoms with Gasteiger partial charge in [-0.15, -0.1) is 11.3 Å². The molecule has 6 heteroatoms. The van der Waals surface area contributed by atoms with Crippen molar-refractivity contribution in [2.24, 2.45) is 11.3 Å². The van der Waals surface area contributed by atoms with E-state index >= 15 is 0 Å². The lowest BCUT2D eigenvalue weighted by Gasteiger charge is -2.33. The Bertz CT molecular complexity index is 1520. The molecular weight excluding hydrogens is 530 g/mol. The third-order valence-corrected chi connectivity index (χ3v) is 8.85. The van der Waals surface area contributed by atoms with Gasteiger partial charge in [0.1, 0.15) is 11.1 Å². The number of anilines is 1. The van der Waals surface area contributed by atoms with Crippen LogP contribution in [0.25, 0.3) is 22.2 Å². The maximum Gasteiger partial charge on any atom is 0.257 e. The largest absolute Gasteiger partial charge is 0.312 e. The molecule has 1 aliphatic rings. The number of rotatable bonds is 3. The highest BCUT2D eigenvalue weighted by atomic mass is 79.9. The van der Waals surface area contributed by atoms with E-state index in [2.05, 4.69) is 48.1 Å². The number of nitrogens with one attached hydrogen (secondary N) is 1. The highest BCUT2D eigenvalue weighted by Crippen LogP contribution is 2.44. The van der Waals surface area contributed by atoms with Gasteiger partial charge >= 0.3 is 0 Å². The molecule has 1 aliphatic carbocycles. The van der Waals surface area contributed by atoms with Crippen LogP contribution >= 0.6 is 27.3 Å².